The first kappa shape index (κ1) is 16.1. The second kappa shape index (κ2) is 8.25. The van der Waals surface area contributed by atoms with Gasteiger partial charge in [-0.05, 0) is 0 Å². The Morgan fingerprint density at radius 2 is 2.06 bits per heavy atom. The number of nitrogens with one attached hydrogen (secondary N) is 1. The normalized spacial score (nSPS) is 14.9. The summed E-state index contributed by atoms with van der Waals surface area (Å²) in [5.74, 6) is -1.07. The van der Waals surface area contributed by atoms with Gasteiger partial charge in [-0.15, -0.1) is 5.10 Å². The topological polar surface area (TPSA) is 177 Å². The molecule has 0 aromatic carbocycles. The fourth-order valence-electron chi connectivity index (χ4n) is 0.721. The van der Waals surface area contributed by atoms with Crippen molar-refractivity contribution < 1.29 is 35.1 Å². The number of aliphatic hydroxyl groups excluding tert-OH is 4. The maximum atomic E-state index is 9.94. The summed E-state index contributed by atoms with van der Waals surface area (Å²) in [6, 6.07) is 0. The van der Waals surface area contributed by atoms with Crippen molar-refractivity contribution >= 4 is 12.3 Å². The first-order valence-electron chi connectivity index (χ1n) is 4.63. The third-order valence-electron chi connectivity index (χ3n) is 1.70. The summed E-state index contributed by atoms with van der Waals surface area (Å²) in [6.07, 6.45) is -3.49. The molecular weight excluding hydrogens is 250 g/mol. The number of carboxylic acid groups (broad SMARTS) is 1. The molecule has 3 unspecified atom stereocenters. The minimum atomic E-state index is -1.64. The zero-order chi connectivity index (χ0) is 14.1. The second-order valence-electron chi connectivity index (χ2n) is 3.03. The Hall–Kier alpha value is -1.88. The van der Waals surface area contributed by atoms with E-state index in [0.29, 0.717) is 0 Å². The van der Waals surface area contributed by atoms with Crippen molar-refractivity contribution in [3.8, 4) is 0 Å². The van der Waals surface area contributed by atoms with Gasteiger partial charge in [0, 0.05) is 0 Å². The Morgan fingerprint density at radius 1 is 1.44 bits per heavy atom. The Labute approximate surface area is 101 Å². The number of aromatic carboxylic acids is 1. The zero-order valence-corrected chi connectivity index (χ0v) is 9.04. The van der Waals surface area contributed by atoms with Gasteiger partial charge < -0.3 is 30.3 Å². The van der Waals surface area contributed by atoms with Crippen LogP contribution in [0.1, 0.15) is 10.5 Å². The number of hydrogen-bond donors (Lipinski definition) is 6. The largest absolute Gasteiger partial charge is 0.476 e. The first-order valence-corrected chi connectivity index (χ1v) is 4.63. The van der Waals surface area contributed by atoms with Crippen LogP contribution in [-0.4, -0.2) is 78.1 Å². The highest BCUT2D eigenvalue weighted by Crippen LogP contribution is 1.96. The number of aromatic amines is 1. The molecule has 0 bridgehead atoms. The number of carbonyl (C=O) groups is 2. The lowest BCUT2D eigenvalue weighted by Crippen LogP contribution is -2.40. The molecule has 0 fully saturated rings. The van der Waals surface area contributed by atoms with Crippen LogP contribution in [0.2, 0.25) is 0 Å². The summed E-state index contributed by atoms with van der Waals surface area (Å²) in [5.41, 5.74) is -0.0648. The summed E-state index contributed by atoms with van der Waals surface area (Å²) in [4.78, 5) is 19.7. The van der Waals surface area contributed by atoms with E-state index in [1.807, 2.05) is 0 Å². The van der Waals surface area contributed by atoms with E-state index in [1.54, 1.807) is 0 Å². The fraction of sp³-hybridized carbons (Fsp3) is 0.500. The van der Waals surface area contributed by atoms with Gasteiger partial charge in [-0.1, -0.05) is 0 Å². The molecule has 0 spiro atoms. The van der Waals surface area contributed by atoms with E-state index in [4.69, 9.17) is 25.5 Å². The molecule has 0 saturated carbocycles. The molecule has 3 atom stereocenters. The summed E-state index contributed by atoms with van der Waals surface area (Å²) < 4.78 is 0. The predicted molar refractivity (Wildman–Crippen MR) is 54.5 cm³/mol. The molecule has 18 heavy (non-hydrogen) atoms. The number of aliphatic hydroxyl groups is 4. The van der Waals surface area contributed by atoms with Crippen molar-refractivity contribution in [2.75, 3.05) is 6.61 Å². The standard InChI is InChI=1S/C5H10O5.C3H3N3O2/c6-1-3(8)5(10)4(9)2-7;7-3(8)2-1-4-6-5-2/h1,3-5,7-10H,2H2;1H,(H,7,8)(H,4,5,6). The van der Waals surface area contributed by atoms with Crippen molar-refractivity contribution in [1.82, 2.24) is 15.4 Å². The van der Waals surface area contributed by atoms with Crippen LogP contribution < -0.4 is 0 Å². The van der Waals surface area contributed by atoms with Crippen LogP contribution in [0.3, 0.4) is 0 Å². The molecule has 0 aliphatic heterocycles. The SMILES string of the molecule is O=C(O)c1cn[nH]n1.O=CC(O)C(O)C(O)CO. The molecule has 10 heteroatoms. The van der Waals surface area contributed by atoms with Crippen LogP contribution in [0.25, 0.3) is 0 Å². The molecule has 1 heterocycles. The van der Waals surface area contributed by atoms with E-state index in [9.17, 15) is 9.59 Å². The van der Waals surface area contributed by atoms with Gasteiger partial charge in [-0.25, -0.2) is 4.79 Å². The van der Waals surface area contributed by atoms with Gasteiger partial charge in [0.25, 0.3) is 0 Å². The number of carboxylic acids is 1. The van der Waals surface area contributed by atoms with Gasteiger partial charge in [-0.2, -0.15) is 10.3 Å². The molecule has 1 rings (SSSR count). The predicted octanol–water partition coefficient (Wildman–Crippen LogP) is -3.24. The van der Waals surface area contributed by atoms with E-state index in [2.05, 4.69) is 15.4 Å². The first-order chi connectivity index (χ1) is 8.43. The highest BCUT2D eigenvalue weighted by molar-refractivity contribution is 5.84. The third-order valence-corrected chi connectivity index (χ3v) is 1.70. The van der Waals surface area contributed by atoms with Crippen molar-refractivity contribution in [2.45, 2.75) is 18.3 Å². The molecule has 10 nitrogen and oxygen atoms in total. The zero-order valence-electron chi connectivity index (χ0n) is 9.04. The smallest absolute Gasteiger partial charge is 0.358 e. The molecule has 6 N–H and O–H groups in total. The average Bonchev–Trinajstić information content (AvgIpc) is 2.90. The maximum Gasteiger partial charge on any atom is 0.358 e. The van der Waals surface area contributed by atoms with E-state index >= 15 is 0 Å². The summed E-state index contributed by atoms with van der Waals surface area (Å²) >= 11 is 0. The fourth-order valence-corrected chi connectivity index (χ4v) is 0.721. The Morgan fingerprint density at radius 3 is 2.33 bits per heavy atom. The van der Waals surface area contributed by atoms with Crippen LogP contribution in [0.4, 0.5) is 0 Å². The highest BCUT2D eigenvalue weighted by atomic mass is 16.4. The Kier molecular flexibility index (Phi) is 7.38. The quantitative estimate of drug-likeness (QED) is 0.298. The second-order valence-corrected chi connectivity index (χ2v) is 3.03. The van der Waals surface area contributed by atoms with Gasteiger partial charge in [-0.3, -0.25) is 0 Å². The summed E-state index contributed by atoms with van der Waals surface area (Å²) in [7, 11) is 0. The van der Waals surface area contributed by atoms with Gasteiger partial charge in [0.1, 0.15) is 18.3 Å². The van der Waals surface area contributed by atoms with E-state index in [0.717, 1.165) is 6.20 Å². The van der Waals surface area contributed by atoms with E-state index < -0.39 is 30.9 Å². The number of nitrogens with zero attached hydrogens (tertiary/aromatic N) is 2. The molecule has 0 aliphatic carbocycles. The lowest BCUT2D eigenvalue weighted by atomic mass is 10.1. The summed E-state index contributed by atoms with van der Waals surface area (Å²) in [5, 5.41) is 50.9. The molecule has 0 aliphatic rings. The molecular formula is C8H13N3O7. The van der Waals surface area contributed by atoms with E-state index in [1.165, 1.54) is 0 Å². The molecule has 1 aromatic heterocycles. The number of aldehydes is 1. The minimum Gasteiger partial charge on any atom is -0.476 e. The molecule has 0 amide bonds. The van der Waals surface area contributed by atoms with Crippen LogP contribution in [0, 0.1) is 0 Å². The van der Waals surface area contributed by atoms with Gasteiger partial charge in [0.2, 0.25) is 0 Å². The molecule has 0 saturated heterocycles. The lowest BCUT2D eigenvalue weighted by molar-refractivity contribution is -0.127. The van der Waals surface area contributed by atoms with Crippen molar-refractivity contribution in [3.63, 3.8) is 0 Å². The molecule has 0 radical (unpaired) electrons. The maximum absolute atomic E-state index is 9.94. The number of carbonyl (C=O) groups excluding carboxylic acids is 1. The average molecular weight is 263 g/mol. The lowest BCUT2D eigenvalue weighted by Gasteiger charge is -2.16. The number of hydrogen-bond acceptors (Lipinski definition) is 8. The minimum absolute atomic E-state index is 0.0648. The number of H-pyrrole nitrogens is 1. The van der Waals surface area contributed by atoms with Crippen LogP contribution in [0.15, 0.2) is 6.20 Å². The molecule has 1 aromatic rings. The van der Waals surface area contributed by atoms with Crippen LogP contribution >= 0.6 is 0 Å². The summed E-state index contributed by atoms with van der Waals surface area (Å²) in [6.45, 7) is -0.688. The highest BCUT2D eigenvalue weighted by Gasteiger charge is 2.22. The number of aromatic nitrogens is 3. The van der Waals surface area contributed by atoms with E-state index in [-0.39, 0.29) is 12.0 Å². The third kappa shape index (κ3) is 5.45. The Balaban J connectivity index is 0.000000327. The Bertz CT molecular complexity index is 356. The van der Waals surface area contributed by atoms with Gasteiger partial charge >= 0.3 is 5.97 Å². The monoisotopic (exact) mass is 263 g/mol. The van der Waals surface area contributed by atoms with Crippen LogP contribution in [0.5, 0.6) is 0 Å². The van der Waals surface area contributed by atoms with Crippen molar-refractivity contribution in [1.29, 1.82) is 0 Å². The van der Waals surface area contributed by atoms with Crippen molar-refractivity contribution in [2.24, 2.45) is 0 Å². The van der Waals surface area contributed by atoms with Gasteiger partial charge in [0.05, 0.1) is 12.8 Å². The van der Waals surface area contributed by atoms with Crippen LogP contribution in [-0.2, 0) is 4.79 Å². The van der Waals surface area contributed by atoms with Crippen molar-refractivity contribution in [3.05, 3.63) is 11.9 Å². The van der Waals surface area contributed by atoms with Gasteiger partial charge in [0.15, 0.2) is 12.0 Å². The number of rotatable bonds is 5. The molecule has 102 valence electrons.